The van der Waals surface area contributed by atoms with E-state index in [1.807, 2.05) is 25.3 Å². The molecule has 0 radical (unpaired) electrons. The molecule has 1 unspecified atom stereocenters. The first kappa shape index (κ1) is 20.0. The zero-order valence-electron chi connectivity index (χ0n) is 16.7. The number of aliphatic hydroxyl groups excluding tert-OH is 1. The normalized spacial score (nSPS) is 15.7. The maximum absolute atomic E-state index is 13.2. The molecule has 156 valence electrons. The molecule has 1 N–H and O–H groups in total. The highest BCUT2D eigenvalue weighted by atomic mass is 19.1. The van der Waals surface area contributed by atoms with Gasteiger partial charge in [-0.3, -0.25) is 9.48 Å². The van der Waals surface area contributed by atoms with Crippen LogP contribution in [0.2, 0.25) is 0 Å². The maximum atomic E-state index is 13.2. The van der Waals surface area contributed by atoms with E-state index in [1.54, 1.807) is 22.7 Å². The number of nitrogens with zero attached hydrogens (tertiary/aromatic N) is 5. The van der Waals surface area contributed by atoms with Crippen LogP contribution in [0.1, 0.15) is 25.8 Å². The summed E-state index contributed by atoms with van der Waals surface area (Å²) in [7, 11) is 0. The van der Waals surface area contributed by atoms with E-state index in [0.29, 0.717) is 18.7 Å². The number of anilines is 1. The number of amides is 1. The van der Waals surface area contributed by atoms with Gasteiger partial charge in [-0.05, 0) is 31.9 Å². The first-order chi connectivity index (χ1) is 14.5. The van der Waals surface area contributed by atoms with Gasteiger partial charge in [0.1, 0.15) is 5.75 Å². The molecule has 0 spiro atoms. The number of rotatable bonds is 5. The highest BCUT2D eigenvalue weighted by Gasteiger charge is 2.30. The van der Waals surface area contributed by atoms with Gasteiger partial charge in [0.25, 0.3) is 0 Å². The summed E-state index contributed by atoms with van der Waals surface area (Å²) in [6.45, 7) is 3.91. The molecular weight excluding hydrogens is 389 g/mol. The molecule has 4 rings (SSSR count). The van der Waals surface area contributed by atoms with E-state index in [-0.39, 0.29) is 24.6 Å². The number of carbonyl (C=O) groups is 1. The number of ether oxygens (including phenoxy) is 1. The number of halogens is 1. The van der Waals surface area contributed by atoms with Gasteiger partial charge in [-0.1, -0.05) is 0 Å². The van der Waals surface area contributed by atoms with Crippen LogP contribution in [0.5, 0.6) is 11.8 Å². The second kappa shape index (κ2) is 8.19. The molecule has 1 aromatic carbocycles. The van der Waals surface area contributed by atoms with Crippen molar-refractivity contribution in [1.82, 2.24) is 19.7 Å². The molecule has 0 aliphatic carbocycles. The van der Waals surface area contributed by atoms with Gasteiger partial charge >= 0.3 is 6.01 Å². The summed E-state index contributed by atoms with van der Waals surface area (Å²) in [6.07, 6.45) is 7.06. The van der Waals surface area contributed by atoms with Crippen molar-refractivity contribution in [3.05, 3.63) is 48.3 Å². The molecule has 1 aliphatic heterocycles. The van der Waals surface area contributed by atoms with Crippen molar-refractivity contribution in [3.63, 3.8) is 0 Å². The lowest BCUT2D eigenvalue weighted by molar-refractivity contribution is -0.117. The van der Waals surface area contributed by atoms with Gasteiger partial charge in [0, 0.05) is 35.9 Å². The third kappa shape index (κ3) is 3.76. The van der Waals surface area contributed by atoms with Gasteiger partial charge in [0.2, 0.25) is 5.91 Å². The summed E-state index contributed by atoms with van der Waals surface area (Å²) in [6, 6.07) is 3.86. The van der Waals surface area contributed by atoms with Crippen molar-refractivity contribution in [3.8, 4) is 22.9 Å². The summed E-state index contributed by atoms with van der Waals surface area (Å²) >= 11 is 0. The number of aromatic nitrogens is 4. The summed E-state index contributed by atoms with van der Waals surface area (Å²) < 4.78 is 20.9. The Morgan fingerprint density at radius 3 is 2.77 bits per heavy atom. The van der Waals surface area contributed by atoms with E-state index >= 15 is 0 Å². The van der Waals surface area contributed by atoms with Gasteiger partial charge in [-0.15, -0.1) is 0 Å². The molecule has 30 heavy (non-hydrogen) atoms. The molecule has 1 aliphatic rings. The molecule has 8 nitrogen and oxygen atoms in total. The molecule has 3 aromatic rings. The number of hydrogen-bond donors (Lipinski definition) is 1. The van der Waals surface area contributed by atoms with E-state index in [0.717, 1.165) is 41.2 Å². The topological polar surface area (TPSA) is 93.4 Å². The van der Waals surface area contributed by atoms with Crippen LogP contribution in [-0.2, 0) is 17.8 Å². The predicted molar refractivity (Wildman–Crippen MR) is 108 cm³/mol. The number of benzene rings is 1. The van der Waals surface area contributed by atoms with Crippen molar-refractivity contribution in [2.45, 2.75) is 39.3 Å². The van der Waals surface area contributed by atoms with E-state index in [1.165, 1.54) is 0 Å². The van der Waals surface area contributed by atoms with Gasteiger partial charge in [0.05, 0.1) is 37.4 Å². The molecule has 0 fully saturated rings. The van der Waals surface area contributed by atoms with Crippen molar-refractivity contribution in [2.75, 3.05) is 11.5 Å². The van der Waals surface area contributed by atoms with Gasteiger partial charge < -0.3 is 14.7 Å². The highest BCUT2D eigenvalue weighted by Crippen LogP contribution is 2.44. The fourth-order valence-electron chi connectivity index (χ4n) is 3.80. The minimum Gasteiger partial charge on any atom is -0.423 e. The molecular formula is C21H22FN5O3. The van der Waals surface area contributed by atoms with Crippen LogP contribution in [0.25, 0.3) is 11.1 Å². The monoisotopic (exact) mass is 411 g/mol. The van der Waals surface area contributed by atoms with Gasteiger partial charge in [-0.2, -0.15) is 5.10 Å². The van der Waals surface area contributed by atoms with Crippen LogP contribution < -0.4 is 9.64 Å². The molecule has 1 atom stereocenters. The van der Waals surface area contributed by atoms with E-state index in [2.05, 4.69) is 15.1 Å². The van der Waals surface area contributed by atoms with Crippen molar-refractivity contribution in [1.29, 1.82) is 0 Å². The largest absolute Gasteiger partial charge is 0.423 e. The number of hydrogen-bond acceptors (Lipinski definition) is 6. The van der Waals surface area contributed by atoms with E-state index in [4.69, 9.17) is 9.84 Å². The lowest BCUT2D eigenvalue weighted by Crippen LogP contribution is -2.40. The molecule has 9 heteroatoms. The van der Waals surface area contributed by atoms with E-state index < -0.39 is 5.82 Å². The average molecular weight is 411 g/mol. The van der Waals surface area contributed by atoms with Crippen LogP contribution in [0.15, 0.2) is 36.9 Å². The zero-order valence-corrected chi connectivity index (χ0v) is 16.7. The fourth-order valence-corrected chi connectivity index (χ4v) is 3.80. The average Bonchev–Trinajstić information content (AvgIpc) is 3.18. The minimum absolute atomic E-state index is 0.0156. The standard InChI is InChI=1S/C21H22FN5O3/c1-13-3-4-18-19(27(13)14(2)29)6-5-17(15-9-25-26(12-15)7-8-28)20(18)30-21-23-10-16(22)11-24-21/h5-6,9-13,28H,3-4,7-8H2,1-2H3. The van der Waals surface area contributed by atoms with Crippen LogP contribution in [0, 0.1) is 5.82 Å². The first-order valence-corrected chi connectivity index (χ1v) is 9.72. The predicted octanol–water partition coefficient (Wildman–Crippen LogP) is 2.95. The molecule has 0 saturated heterocycles. The second-order valence-electron chi connectivity index (χ2n) is 7.22. The minimum atomic E-state index is -0.556. The Labute approximate surface area is 173 Å². The summed E-state index contributed by atoms with van der Waals surface area (Å²) in [5, 5.41) is 13.4. The summed E-state index contributed by atoms with van der Waals surface area (Å²) in [5.41, 5.74) is 3.19. The Morgan fingerprint density at radius 2 is 2.07 bits per heavy atom. The lowest BCUT2D eigenvalue weighted by Gasteiger charge is -2.35. The smallest absolute Gasteiger partial charge is 0.322 e. The SMILES string of the molecule is CC(=O)N1c2ccc(-c3cnn(CCO)c3)c(Oc3ncc(F)cn3)c2CCC1C. The Kier molecular flexibility index (Phi) is 5.45. The summed E-state index contributed by atoms with van der Waals surface area (Å²) in [5.74, 6) is -0.0868. The Hall–Kier alpha value is -3.33. The van der Waals surface area contributed by atoms with Crippen LogP contribution in [-0.4, -0.2) is 43.4 Å². The van der Waals surface area contributed by atoms with Crippen molar-refractivity contribution < 1.29 is 19.0 Å². The maximum Gasteiger partial charge on any atom is 0.322 e. The molecule has 3 heterocycles. The quantitative estimate of drug-likeness (QED) is 0.694. The molecule has 2 aromatic heterocycles. The lowest BCUT2D eigenvalue weighted by atomic mass is 9.92. The molecule has 1 amide bonds. The summed E-state index contributed by atoms with van der Waals surface area (Å²) in [4.78, 5) is 21.9. The Balaban J connectivity index is 1.85. The zero-order chi connectivity index (χ0) is 21.3. The third-order valence-corrected chi connectivity index (χ3v) is 5.15. The van der Waals surface area contributed by atoms with Gasteiger partial charge in [-0.25, -0.2) is 14.4 Å². The van der Waals surface area contributed by atoms with Crippen LogP contribution in [0.4, 0.5) is 10.1 Å². The number of aliphatic hydroxyl groups is 1. The Bertz CT molecular complexity index is 1070. The highest BCUT2D eigenvalue weighted by molar-refractivity contribution is 5.95. The Morgan fingerprint density at radius 1 is 1.30 bits per heavy atom. The molecule has 0 bridgehead atoms. The molecule has 0 saturated carbocycles. The van der Waals surface area contributed by atoms with E-state index in [9.17, 15) is 9.18 Å². The van der Waals surface area contributed by atoms with Crippen molar-refractivity contribution >= 4 is 11.6 Å². The third-order valence-electron chi connectivity index (χ3n) is 5.15. The number of fused-ring (bicyclic) bond motifs is 1. The van der Waals surface area contributed by atoms with Crippen LogP contribution >= 0.6 is 0 Å². The van der Waals surface area contributed by atoms with Crippen molar-refractivity contribution in [2.24, 2.45) is 0 Å². The second-order valence-corrected chi connectivity index (χ2v) is 7.22. The number of carbonyl (C=O) groups excluding carboxylic acids is 1. The van der Waals surface area contributed by atoms with Gasteiger partial charge in [0.15, 0.2) is 5.82 Å². The fraction of sp³-hybridized carbons (Fsp3) is 0.333. The first-order valence-electron chi connectivity index (χ1n) is 9.72. The van der Waals surface area contributed by atoms with Crippen LogP contribution in [0.3, 0.4) is 0 Å².